The molecule has 104 valence electrons. The van der Waals surface area contributed by atoms with Gasteiger partial charge in [0.15, 0.2) is 11.6 Å². The number of halogens is 2. The third-order valence-corrected chi connectivity index (χ3v) is 4.22. The van der Waals surface area contributed by atoms with E-state index < -0.39 is 11.6 Å². The summed E-state index contributed by atoms with van der Waals surface area (Å²) >= 11 is 0. The van der Waals surface area contributed by atoms with Crippen molar-refractivity contribution in [1.29, 1.82) is 0 Å². The first-order valence-corrected chi connectivity index (χ1v) is 7.05. The van der Waals surface area contributed by atoms with Crippen molar-refractivity contribution in [3.63, 3.8) is 0 Å². The lowest BCUT2D eigenvalue weighted by molar-refractivity contribution is 0.110. The lowest BCUT2D eigenvalue weighted by atomic mass is 10.0. The molecule has 1 saturated carbocycles. The Kier molecular flexibility index (Phi) is 3.54. The van der Waals surface area contributed by atoms with Crippen LogP contribution in [-0.4, -0.2) is 30.1 Å². The number of nitrogens with one attached hydrogen (secondary N) is 1. The van der Waals surface area contributed by atoms with Gasteiger partial charge in [-0.25, -0.2) is 8.78 Å². The standard InChI is InChI=1S/C15H20F2N2/c1-10-8-19(14(7-18-10)11-5-6-11)9-12-3-2-4-13(16)15(12)17/h2-4,10-11,14,18H,5-9H2,1H3. The fraction of sp³-hybridized carbons (Fsp3) is 0.600. The molecule has 0 amide bonds. The van der Waals surface area contributed by atoms with Crippen molar-refractivity contribution >= 4 is 0 Å². The number of benzene rings is 1. The molecule has 2 fully saturated rings. The molecule has 2 atom stereocenters. The van der Waals surface area contributed by atoms with E-state index in [1.165, 1.54) is 18.9 Å². The predicted octanol–water partition coefficient (Wildman–Crippen LogP) is 2.54. The third kappa shape index (κ3) is 2.79. The van der Waals surface area contributed by atoms with Crippen LogP contribution in [0.2, 0.25) is 0 Å². The van der Waals surface area contributed by atoms with Crippen molar-refractivity contribution < 1.29 is 8.78 Å². The van der Waals surface area contributed by atoms with Crippen molar-refractivity contribution in [1.82, 2.24) is 10.2 Å². The Morgan fingerprint density at radius 1 is 1.32 bits per heavy atom. The lowest BCUT2D eigenvalue weighted by Crippen LogP contribution is -2.55. The Morgan fingerprint density at radius 3 is 2.84 bits per heavy atom. The smallest absolute Gasteiger partial charge is 0.163 e. The van der Waals surface area contributed by atoms with Crippen molar-refractivity contribution in [2.24, 2.45) is 5.92 Å². The zero-order chi connectivity index (χ0) is 13.4. The highest BCUT2D eigenvalue weighted by Gasteiger charge is 2.38. The molecule has 0 aromatic heterocycles. The van der Waals surface area contributed by atoms with Crippen LogP contribution >= 0.6 is 0 Å². The van der Waals surface area contributed by atoms with Gasteiger partial charge in [0.25, 0.3) is 0 Å². The highest BCUT2D eigenvalue weighted by Crippen LogP contribution is 2.36. The Hall–Kier alpha value is -1.00. The zero-order valence-corrected chi connectivity index (χ0v) is 11.2. The minimum Gasteiger partial charge on any atom is -0.311 e. The van der Waals surface area contributed by atoms with E-state index in [2.05, 4.69) is 17.1 Å². The Morgan fingerprint density at radius 2 is 2.11 bits per heavy atom. The predicted molar refractivity (Wildman–Crippen MR) is 70.7 cm³/mol. The second-order valence-electron chi connectivity index (χ2n) is 5.86. The van der Waals surface area contributed by atoms with E-state index in [0.29, 0.717) is 24.2 Å². The highest BCUT2D eigenvalue weighted by atomic mass is 19.2. The second-order valence-corrected chi connectivity index (χ2v) is 5.86. The molecular weight excluding hydrogens is 246 g/mol. The Labute approximate surface area is 112 Å². The van der Waals surface area contributed by atoms with Gasteiger partial charge in [0.05, 0.1) is 0 Å². The molecule has 0 bridgehead atoms. The van der Waals surface area contributed by atoms with E-state index in [9.17, 15) is 8.78 Å². The first kappa shape index (κ1) is 13.0. The normalized spacial score (nSPS) is 28.6. The fourth-order valence-corrected chi connectivity index (χ4v) is 3.02. The molecule has 1 aromatic carbocycles. The van der Waals surface area contributed by atoms with Gasteiger partial charge in [-0.05, 0) is 31.7 Å². The summed E-state index contributed by atoms with van der Waals surface area (Å²) in [6, 6.07) is 5.34. The van der Waals surface area contributed by atoms with E-state index >= 15 is 0 Å². The van der Waals surface area contributed by atoms with E-state index in [0.717, 1.165) is 19.0 Å². The van der Waals surface area contributed by atoms with Crippen molar-refractivity contribution in [2.75, 3.05) is 13.1 Å². The van der Waals surface area contributed by atoms with E-state index in [1.54, 1.807) is 12.1 Å². The van der Waals surface area contributed by atoms with Crippen molar-refractivity contribution in [3.05, 3.63) is 35.4 Å². The van der Waals surface area contributed by atoms with Gasteiger partial charge in [-0.15, -0.1) is 0 Å². The minimum atomic E-state index is -0.747. The van der Waals surface area contributed by atoms with Crippen LogP contribution < -0.4 is 5.32 Å². The summed E-state index contributed by atoms with van der Waals surface area (Å²) in [6.45, 7) is 4.51. The molecule has 3 rings (SSSR count). The van der Waals surface area contributed by atoms with Gasteiger partial charge in [-0.3, -0.25) is 4.90 Å². The lowest BCUT2D eigenvalue weighted by Gasteiger charge is -2.39. The van der Waals surface area contributed by atoms with E-state index in [1.807, 2.05) is 0 Å². The van der Waals surface area contributed by atoms with E-state index in [-0.39, 0.29) is 0 Å². The number of hydrogen-bond donors (Lipinski definition) is 1. The van der Waals surface area contributed by atoms with Crippen molar-refractivity contribution in [3.8, 4) is 0 Å². The van der Waals surface area contributed by atoms with Gasteiger partial charge >= 0.3 is 0 Å². The SMILES string of the molecule is CC1CN(Cc2cccc(F)c2F)C(C2CC2)CN1. The molecule has 1 N–H and O–H groups in total. The van der Waals surface area contributed by atoms with Gasteiger partial charge in [0.1, 0.15) is 0 Å². The summed E-state index contributed by atoms with van der Waals surface area (Å²) in [5, 5.41) is 3.49. The van der Waals surface area contributed by atoms with Crippen LogP contribution in [0.15, 0.2) is 18.2 Å². The van der Waals surface area contributed by atoms with Crippen LogP contribution in [0.5, 0.6) is 0 Å². The van der Waals surface area contributed by atoms with Crippen LogP contribution in [-0.2, 0) is 6.54 Å². The number of piperazine rings is 1. The van der Waals surface area contributed by atoms with Crippen LogP contribution in [0.1, 0.15) is 25.3 Å². The molecule has 2 unspecified atom stereocenters. The van der Waals surface area contributed by atoms with Crippen LogP contribution in [0, 0.1) is 17.6 Å². The first-order chi connectivity index (χ1) is 9.15. The van der Waals surface area contributed by atoms with Gasteiger partial charge < -0.3 is 5.32 Å². The summed E-state index contributed by atoms with van der Waals surface area (Å²) in [5.41, 5.74) is 0.472. The summed E-state index contributed by atoms with van der Waals surface area (Å²) in [7, 11) is 0. The van der Waals surface area contributed by atoms with Gasteiger partial charge in [0.2, 0.25) is 0 Å². The molecular formula is C15H20F2N2. The van der Waals surface area contributed by atoms with Gasteiger partial charge in [-0.1, -0.05) is 12.1 Å². The van der Waals surface area contributed by atoms with Crippen molar-refractivity contribution in [2.45, 2.75) is 38.4 Å². The van der Waals surface area contributed by atoms with Crippen LogP contribution in [0.3, 0.4) is 0 Å². The monoisotopic (exact) mass is 266 g/mol. The van der Waals surface area contributed by atoms with Crippen LogP contribution in [0.25, 0.3) is 0 Å². The molecule has 1 saturated heterocycles. The highest BCUT2D eigenvalue weighted by molar-refractivity contribution is 5.19. The Bertz CT molecular complexity index is 459. The number of nitrogens with zero attached hydrogens (tertiary/aromatic N) is 1. The van der Waals surface area contributed by atoms with Gasteiger partial charge in [-0.2, -0.15) is 0 Å². The molecule has 2 aliphatic rings. The summed E-state index contributed by atoms with van der Waals surface area (Å²) in [6.07, 6.45) is 2.53. The topological polar surface area (TPSA) is 15.3 Å². The van der Waals surface area contributed by atoms with Gasteiger partial charge in [0, 0.05) is 37.3 Å². The second kappa shape index (κ2) is 5.17. The average molecular weight is 266 g/mol. The number of rotatable bonds is 3. The molecule has 1 heterocycles. The fourth-order valence-electron chi connectivity index (χ4n) is 3.02. The Balaban J connectivity index is 1.77. The molecule has 19 heavy (non-hydrogen) atoms. The van der Waals surface area contributed by atoms with E-state index in [4.69, 9.17) is 0 Å². The molecule has 0 spiro atoms. The summed E-state index contributed by atoms with van der Waals surface area (Å²) in [4.78, 5) is 2.32. The summed E-state index contributed by atoms with van der Waals surface area (Å²) < 4.78 is 27.1. The quantitative estimate of drug-likeness (QED) is 0.904. The third-order valence-electron chi connectivity index (χ3n) is 4.22. The minimum absolute atomic E-state index is 0.409. The first-order valence-electron chi connectivity index (χ1n) is 7.05. The maximum Gasteiger partial charge on any atom is 0.163 e. The number of hydrogen-bond acceptors (Lipinski definition) is 2. The molecule has 0 radical (unpaired) electrons. The molecule has 1 aliphatic heterocycles. The molecule has 1 aliphatic carbocycles. The van der Waals surface area contributed by atoms with Crippen LogP contribution in [0.4, 0.5) is 8.78 Å². The molecule has 2 nitrogen and oxygen atoms in total. The average Bonchev–Trinajstić information content (AvgIpc) is 3.19. The maximum absolute atomic E-state index is 13.8. The molecule has 1 aromatic rings. The maximum atomic E-state index is 13.8. The summed E-state index contributed by atoms with van der Waals surface area (Å²) in [5.74, 6) is -0.705. The zero-order valence-electron chi connectivity index (χ0n) is 11.2. The largest absolute Gasteiger partial charge is 0.311 e. The molecule has 4 heteroatoms.